The van der Waals surface area contributed by atoms with Gasteiger partial charge in [0, 0.05) is 5.02 Å². The Morgan fingerprint density at radius 2 is 2.13 bits per heavy atom. The number of amides is 1. The van der Waals surface area contributed by atoms with Crippen molar-refractivity contribution in [1.29, 1.82) is 0 Å². The van der Waals surface area contributed by atoms with Gasteiger partial charge in [-0.15, -0.1) is 0 Å². The molecule has 0 spiro atoms. The van der Waals surface area contributed by atoms with E-state index >= 15 is 0 Å². The van der Waals surface area contributed by atoms with E-state index in [1.54, 1.807) is 0 Å². The van der Waals surface area contributed by atoms with Crippen LogP contribution >= 0.6 is 11.6 Å². The Bertz CT molecular complexity index is 760. The molecule has 2 rings (SSSR count). The molecule has 7 nitrogen and oxygen atoms in total. The summed E-state index contributed by atoms with van der Waals surface area (Å²) in [5.74, 6) is -1.27. The van der Waals surface area contributed by atoms with Gasteiger partial charge in [-0.1, -0.05) is 11.6 Å². The second kappa shape index (κ2) is 6.24. The molecule has 1 aromatic carbocycles. The van der Waals surface area contributed by atoms with Crippen molar-refractivity contribution in [2.45, 2.75) is 12.7 Å². The van der Waals surface area contributed by atoms with Gasteiger partial charge in [-0.3, -0.25) is 4.79 Å². The zero-order valence-corrected chi connectivity index (χ0v) is 11.9. The highest BCUT2D eigenvalue weighted by atomic mass is 35.5. The monoisotopic (exact) mass is 348 g/mol. The van der Waals surface area contributed by atoms with Gasteiger partial charge >= 0.3 is 12.0 Å². The van der Waals surface area contributed by atoms with Crippen LogP contribution in [0, 0.1) is 10.1 Å². The van der Waals surface area contributed by atoms with E-state index in [0.29, 0.717) is 6.07 Å². The molecule has 0 saturated heterocycles. The molecule has 0 saturated carbocycles. The second-order valence-electron chi connectivity index (χ2n) is 4.40. The summed E-state index contributed by atoms with van der Waals surface area (Å²) in [5, 5.41) is 12.4. The molecule has 2 aromatic rings. The third-order valence-electron chi connectivity index (χ3n) is 2.69. The van der Waals surface area contributed by atoms with Crippen LogP contribution in [0.1, 0.15) is 5.56 Å². The number of aromatic nitrogens is 2. The quantitative estimate of drug-likeness (QED) is 0.679. The number of rotatable bonds is 4. The summed E-state index contributed by atoms with van der Waals surface area (Å²) in [6, 6.07) is 2.92. The predicted octanol–water partition coefficient (Wildman–Crippen LogP) is 3.10. The lowest BCUT2D eigenvalue weighted by atomic mass is 10.1. The lowest BCUT2D eigenvalue weighted by Gasteiger charge is -2.14. The van der Waals surface area contributed by atoms with Crippen molar-refractivity contribution in [2.75, 3.05) is 5.32 Å². The Kier molecular flexibility index (Phi) is 4.55. The molecule has 11 heteroatoms. The van der Waals surface area contributed by atoms with Crippen molar-refractivity contribution in [3.8, 4) is 0 Å². The molecule has 1 amide bonds. The smallest absolute Gasteiger partial charge is 0.358 e. The number of nitro groups is 1. The number of carbonyl (C=O) groups excluding carboxylic acids is 1. The topological polar surface area (TPSA) is 90.1 Å². The van der Waals surface area contributed by atoms with Crippen molar-refractivity contribution in [3.05, 3.63) is 51.4 Å². The molecule has 0 radical (unpaired) electrons. The summed E-state index contributed by atoms with van der Waals surface area (Å²) in [7, 11) is 0. The van der Waals surface area contributed by atoms with Crippen LogP contribution in [0.25, 0.3) is 0 Å². The Balaban J connectivity index is 2.15. The highest BCUT2D eigenvalue weighted by Gasteiger charge is 2.34. The largest absolute Gasteiger partial charge is 0.418 e. The average Bonchev–Trinajstić information content (AvgIpc) is 2.88. The zero-order valence-electron chi connectivity index (χ0n) is 11.2. The van der Waals surface area contributed by atoms with Gasteiger partial charge in [0.2, 0.25) is 12.2 Å². The van der Waals surface area contributed by atoms with E-state index in [4.69, 9.17) is 11.6 Å². The van der Waals surface area contributed by atoms with E-state index in [2.05, 4.69) is 10.3 Å². The molecule has 1 N–H and O–H groups in total. The summed E-state index contributed by atoms with van der Waals surface area (Å²) in [4.78, 5) is 24.9. The van der Waals surface area contributed by atoms with Crippen LogP contribution in [-0.2, 0) is 17.5 Å². The van der Waals surface area contributed by atoms with Gasteiger partial charge in [-0.2, -0.15) is 13.2 Å². The number of imidazole rings is 1. The summed E-state index contributed by atoms with van der Waals surface area (Å²) >= 11 is 5.53. The number of benzene rings is 1. The van der Waals surface area contributed by atoms with Crippen LogP contribution in [0.3, 0.4) is 0 Å². The summed E-state index contributed by atoms with van der Waals surface area (Å²) in [5.41, 5.74) is -1.54. The van der Waals surface area contributed by atoms with Crippen LogP contribution in [0.2, 0.25) is 5.02 Å². The minimum atomic E-state index is -4.69. The van der Waals surface area contributed by atoms with E-state index in [0.717, 1.165) is 23.2 Å². The lowest BCUT2D eigenvalue weighted by molar-refractivity contribution is -0.389. The molecule has 0 atom stereocenters. The summed E-state index contributed by atoms with van der Waals surface area (Å²) < 4.78 is 39.8. The van der Waals surface area contributed by atoms with Gasteiger partial charge in [0.1, 0.15) is 12.7 Å². The van der Waals surface area contributed by atoms with Gasteiger partial charge in [-0.05, 0) is 28.1 Å². The molecular weight excluding hydrogens is 341 g/mol. The van der Waals surface area contributed by atoms with Gasteiger partial charge in [-0.25, -0.2) is 0 Å². The Hall–Kier alpha value is -2.62. The molecular formula is C12H8ClF3N4O3. The van der Waals surface area contributed by atoms with Crippen LogP contribution in [0.15, 0.2) is 30.7 Å². The van der Waals surface area contributed by atoms with Crippen LogP contribution in [0.4, 0.5) is 24.7 Å². The minimum Gasteiger partial charge on any atom is -0.358 e. The third kappa shape index (κ3) is 4.19. The number of alkyl halides is 3. The van der Waals surface area contributed by atoms with Crippen molar-refractivity contribution in [1.82, 2.24) is 9.55 Å². The first-order chi connectivity index (χ1) is 10.7. The molecule has 23 heavy (non-hydrogen) atoms. The number of hydrogen-bond donors (Lipinski definition) is 1. The number of nitrogens with zero attached hydrogens (tertiary/aromatic N) is 3. The molecule has 0 aliphatic heterocycles. The maximum atomic E-state index is 12.9. The van der Waals surface area contributed by atoms with Crippen LogP contribution in [0.5, 0.6) is 0 Å². The summed E-state index contributed by atoms with van der Waals surface area (Å²) in [6.45, 7) is -0.430. The van der Waals surface area contributed by atoms with E-state index in [-0.39, 0.29) is 5.02 Å². The van der Waals surface area contributed by atoms with E-state index in [1.807, 2.05) is 0 Å². The SMILES string of the molecule is O=C(Cn1cnc([N+](=O)[O-])c1)Nc1ccc(Cl)cc1C(F)(F)F. The average molecular weight is 349 g/mol. The number of anilines is 1. The molecule has 0 aliphatic carbocycles. The lowest BCUT2D eigenvalue weighted by Crippen LogP contribution is -2.20. The standard InChI is InChI=1S/C12H8ClF3N4O3/c13-7-1-2-9(8(3-7)12(14,15)16)18-11(21)5-19-4-10(17-6-19)20(22)23/h1-4,6H,5H2,(H,18,21). The van der Waals surface area contributed by atoms with E-state index in [1.165, 1.54) is 6.07 Å². The normalized spacial score (nSPS) is 11.3. The third-order valence-corrected chi connectivity index (χ3v) is 2.93. The molecule has 122 valence electrons. The zero-order chi connectivity index (χ0) is 17.2. The summed E-state index contributed by atoms with van der Waals surface area (Å²) in [6.07, 6.45) is -2.67. The second-order valence-corrected chi connectivity index (χ2v) is 4.83. The van der Waals surface area contributed by atoms with Gasteiger partial charge in [0.05, 0.1) is 11.3 Å². The van der Waals surface area contributed by atoms with Crippen LogP contribution in [-0.4, -0.2) is 20.4 Å². The van der Waals surface area contributed by atoms with E-state index < -0.39 is 40.6 Å². The number of nitrogens with one attached hydrogen (secondary N) is 1. The van der Waals surface area contributed by atoms with Crippen molar-refractivity contribution in [3.63, 3.8) is 0 Å². The fourth-order valence-corrected chi connectivity index (χ4v) is 1.92. The maximum Gasteiger partial charge on any atom is 0.418 e. The molecule has 1 heterocycles. The van der Waals surface area contributed by atoms with Gasteiger partial charge < -0.3 is 20.0 Å². The molecule has 0 bridgehead atoms. The Morgan fingerprint density at radius 1 is 1.43 bits per heavy atom. The molecule has 0 aliphatic rings. The highest BCUT2D eigenvalue weighted by Crippen LogP contribution is 2.36. The number of carbonyl (C=O) groups is 1. The van der Waals surface area contributed by atoms with Crippen LogP contribution < -0.4 is 5.32 Å². The predicted molar refractivity (Wildman–Crippen MR) is 74.0 cm³/mol. The fraction of sp³-hybridized carbons (Fsp3) is 0.167. The number of halogens is 4. The van der Waals surface area contributed by atoms with Gasteiger partial charge in [0.25, 0.3) is 0 Å². The Labute approximate surface area is 131 Å². The maximum absolute atomic E-state index is 12.9. The molecule has 0 unspecified atom stereocenters. The fourth-order valence-electron chi connectivity index (χ4n) is 1.74. The van der Waals surface area contributed by atoms with Crippen molar-refractivity contribution < 1.29 is 22.9 Å². The highest BCUT2D eigenvalue weighted by molar-refractivity contribution is 6.30. The Morgan fingerprint density at radius 3 is 2.70 bits per heavy atom. The first kappa shape index (κ1) is 16.7. The molecule has 1 aromatic heterocycles. The van der Waals surface area contributed by atoms with E-state index in [9.17, 15) is 28.1 Å². The number of hydrogen-bond acceptors (Lipinski definition) is 4. The first-order valence-electron chi connectivity index (χ1n) is 5.99. The van der Waals surface area contributed by atoms with Gasteiger partial charge in [0.15, 0.2) is 0 Å². The van der Waals surface area contributed by atoms with Crippen molar-refractivity contribution in [2.24, 2.45) is 0 Å². The van der Waals surface area contributed by atoms with Crippen molar-refractivity contribution >= 4 is 29.0 Å². The minimum absolute atomic E-state index is 0.124. The first-order valence-corrected chi connectivity index (χ1v) is 6.37. The molecule has 0 fully saturated rings.